The van der Waals surface area contributed by atoms with E-state index in [2.05, 4.69) is 69.1 Å². The first-order valence-electron chi connectivity index (χ1n) is 8.47. The number of hydrogen-bond acceptors (Lipinski definition) is 2. The van der Waals surface area contributed by atoms with Gasteiger partial charge in [0.05, 0.1) is 0 Å². The molecule has 0 atom stereocenters. The highest BCUT2D eigenvalue weighted by Gasteiger charge is 2.35. The van der Waals surface area contributed by atoms with Crippen molar-refractivity contribution in [3.8, 4) is 0 Å². The Hall–Kier alpha value is -1.02. The molecule has 1 aromatic carbocycles. The second-order valence-corrected chi connectivity index (χ2v) is 7.61. The summed E-state index contributed by atoms with van der Waals surface area (Å²) in [4.78, 5) is 2.60. The first-order valence-corrected chi connectivity index (χ1v) is 8.47. The summed E-state index contributed by atoms with van der Waals surface area (Å²) >= 11 is 0. The largest absolute Gasteiger partial charge is 0.371 e. The zero-order valence-electron chi connectivity index (χ0n) is 14.5. The lowest BCUT2D eigenvalue weighted by atomic mass is 9.82. The average Bonchev–Trinajstić information content (AvgIpc) is 2.90. The van der Waals surface area contributed by atoms with Crippen LogP contribution in [0.3, 0.4) is 0 Å². The molecule has 2 rings (SSSR count). The minimum Gasteiger partial charge on any atom is -0.371 e. The molecule has 0 amide bonds. The maximum atomic E-state index is 3.62. The Morgan fingerprint density at radius 2 is 1.81 bits per heavy atom. The summed E-state index contributed by atoms with van der Waals surface area (Å²) < 4.78 is 0. The van der Waals surface area contributed by atoms with Gasteiger partial charge in [0.15, 0.2) is 0 Å². The van der Waals surface area contributed by atoms with Gasteiger partial charge in [-0.15, -0.1) is 0 Å². The fourth-order valence-corrected chi connectivity index (χ4v) is 3.30. The Morgan fingerprint density at radius 1 is 1.14 bits per heavy atom. The van der Waals surface area contributed by atoms with Crippen LogP contribution in [-0.2, 0) is 6.54 Å². The van der Waals surface area contributed by atoms with E-state index in [1.54, 1.807) is 0 Å². The molecule has 0 aliphatic carbocycles. The minimum atomic E-state index is 0.161. The lowest BCUT2D eigenvalue weighted by Crippen LogP contribution is -2.35. The van der Waals surface area contributed by atoms with Crippen LogP contribution in [0.1, 0.15) is 59.4 Å². The number of hydrogen-bond donors (Lipinski definition) is 1. The lowest BCUT2D eigenvalue weighted by molar-refractivity contribution is 0.301. The summed E-state index contributed by atoms with van der Waals surface area (Å²) in [5.41, 5.74) is 3.55. The third-order valence-corrected chi connectivity index (χ3v) is 5.08. The Balaban J connectivity index is 2.14. The third kappa shape index (κ3) is 4.00. The molecule has 1 N–H and O–H groups in total. The molecule has 1 aliphatic heterocycles. The number of para-hydroxylation sites is 1. The fourth-order valence-electron chi connectivity index (χ4n) is 3.30. The average molecular weight is 288 g/mol. The Labute approximate surface area is 130 Å². The normalized spacial score (nSPS) is 18.2. The summed E-state index contributed by atoms with van der Waals surface area (Å²) in [6, 6.07) is 8.90. The fraction of sp³-hybridized carbons (Fsp3) is 0.684. The Morgan fingerprint density at radius 3 is 2.38 bits per heavy atom. The zero-order valence-corrected chi connectivity index (χ0v) is 14.5. The summed E-state index contributed by atoms with van der Waals surface area (Å²) in [7, 11) is 0. The van der Waals surface area contributed by atoms with Crippen LogP contribution >= 0.6 is 0 Å². The van der Waals surface area contributed by atoms with Gasteiger partial charge in [0.2, 0.25) is 0 Å². The van der Waals surface area contributed by atoms with Crippen LogP contribution in [0.5, 0.6) is 0 Å². The van der Waals surface area contributed by atoms with Crippen molar-refractivity contribution in [2.75, 3.05) is 18.0 Å². The molecule has 1 aromatic rings. The van der Waals surface area contributed by atoms with Gasteiger partial charge in [-0.3, -0.25) is 0 Å². The summed E-state index contributed by atoms with van der Waals surface area (Å²) in [6.45, 7) is 14.7. The van der Waals surface area contributed by atoms with Gasteiger partial charge in [0, 0.05) is 30.9 Å². The summed E-state index contributed by atoms with van der Waals surface area (Å²) in [6.07, 6.45) is 3.92. The SMILES string of the molecule is CCC1(CC)CCN(c2ccccc2CNC(C)(C)C)C1. The molecule has 0 bridgehead atoms. The second kappa shape index (κ2) is 6.39. The number of nitrogens with zero attached hydrogens (tertiary/aromatic N) is 1. The molecule has 2 heteroatoms. The van der Waals surface area contributed by atoms with E-state index in [1.807, 2.05) is 0 Å². The van der Waals surface area contributed by atoms with E-state index in [9.17, 15) is 0 Å². The minimum absolute atomic E-state index is 0.161. The molecule has 21 heavy (non-hydrogen) atoms. The quantitative estimate of drug-likeness (QED) is 0.852. The zero-order chi connectivity index (χ0) is 15.5. The highest BCUT2D eigenvalue weighted by Crippen LogP contribution is 2.39. The van der Waals surface area contributed by atoms with Crippen molar-refractivity contribution >= 4 is 5.69 Å². The highest BCUT2D eigenvalue weighted by atomic mass is 15.2. The van der Waals surface area contributed by atoms with Crippen LogP contribution in [-0.4, -0.2) is 18.6 Å². The standard InChI is InChI=1S/C19H32N2/c1-6-19(7-2)12-13-21(15-19)17-11-9-8-10-16(17)14-20-18(3,4)5/h8-11,20H,6-7,12-15H2,1-5H3. The van der Waals surface area contributed by atoms with Crippen molar-refractivity contribution < 1.29 is 0 Å². The van der Waals surface area contributed by atoms with E-state index in [0.29, 0.717) is 5.41 Å². The predicted molar refractivity (Wildman–Crippen MR) is 92.9 cm³/mol. The highest BCUT2D eigenvalue weighted by molar-refractivity contribution is 5.54. The lowest BCUT2D eigenvalue weighted by Gasteiger charge is -2.29. The van der Waals surface area contributed by atoms with Crippen LogP contribution in [0.2, 0.25) is 0 Å². The van der Waals surface area contributed by atoms with Gasteiger partial charge in [-0.1, -0.05) is 32.0 Å². The number of benzene rings is 1. The predicted octanol–water partition coefficient (Wildman–Crippen LogP) is 4.59. The Kier molecular flexibility index (Phi) is 4.98. The number of rotatable bonds is 5. The molecule has 0 radical (unpaired) electrons. The smallest absolute Gasteiger partial charge is 0.0412 e. The van der Waals surface area contributed by atoms with E-state index < -0.39 is 0 Å². The molecule has 1 fully saturated rings. The molecular weight excluding hydrogens is 256 g/mol. The monoisotopic (exact) mass is 288 g/mol. The molecule has 1 saturated heterocycles. The number of anilines is 1. The van der Waals surface area contributed by atoms with Crippen molar-refractivity contribution in [3.05, 3.63) is 29.8 Å². The molecule has 0 saturated carbocycles. The molecule has 118 valence electrons. The van der Waals surface area contributed by atoms with Gasteiger partial charge in [-0.05, 0) is 57.1 Å². The van der Waals surface area contributed by atoms with Crippen molar-refractivity contribution in [3.63, 3.8) is 0 Å². The first kappa shape index (κ1) is 16.4. The van der Waals surface area contributed by atoms with Gasteiger partial charge in [-0.25, -0.2) is 0 Å². The van der Waals surface area contributed by atoms with E-state index in [4.69, 9.17) is 0 Å². The molecular formula is C19H32N2. The van der Waals surface area contributed by atoms with Crippen molar-refractivity contribution in [1.29, 1.82) is 0 Å². The second-order valence-electron chi connectivity index (χ2n) is 7.61. The van der Waals surface area contributed by atoms with Crippen molar-refractivity contribution in [2.24, 2.45) is 5.41 Å². The molecule has 0 unspecified atom stereocenters. The van der Waals surface area contributed by atoms with Gasteiger partial charge in [0.1, 0.15) is 0 Å². The van der Waals surface area contributed by atoms with E-state index in [-0.39, 0.29) is 5.54 Å². The summed E-state index contributed by atoms with van der Waals surface area (Å²) in [5, 5.41) is 3.62. The maximum absolute atomic E-state index is 3.62. The molecule has 0 aromatic heterocycles. The van der Waals surface area contributed by atoms with Crippen LogP contribution in [0, 0.1) is 5.41 Å². The van der Waals surface area contributed by atoms with Crippen molar-refractivity contribution in [2.45, 2.75) is 66.0 Å². The molecule has 1 aliphatic rings. The molecule has 0 spiro atoms. The van der Waals surface area contributed by atoms with Crippen LogP contribution < -0.4 is 10.2 Å². The van der Waals surface area contributed by atoms with Crippen LogP contribution in [0.4, 0.5) is 5.69 Å². The van der Waals surface area contributed by atoms with Crippen molar-refractivity contribution in [1.82, 2.24) is 5.32 Å². The van der Waals surface area contributed by atoms with Crippen LogP contribution in [0.25, 0.3) is 0 Å². The van der Waals surface area contributed by atoms with Gasteiger partial charge in [-0.2, -0.15) is 0 Å². The molecule has 1 heterocycles. The van der Waals surface area contributed by atoms with E-state index in [1.165, 1.54) is 43.6 Å². The van der Waals surface area contributed by atoms with Gasteiger partial charge in [0.25, 0.3) is 0 Å². The van der Waals surface area contributed by atoms with Gasteiger partial charge < -0.3 is 10.2 Å². The first-order chi connectivity index (χ1) is 9.89. The van der Waals surface area contributed by atoms with Gasteiger partial charge >= 0.3 is 0 Å². The maximum Gasteiger partial charge on any atom is 0.0412 e. The summed E-state index contributed by atoms with van der Waals surface area (Å²) in [5.74, 6) is 0. The van der Waals surface area contributed by atoms with E-state index in [0.717, 1.165) is 6.54 Å². The Bertz CT molecular complexity index is 455. The molecule has 2 nitrogen and oxygen atoms in total. The number of nitrogens with one attached hydrogen (secondary N) is 1. The topological polar surface area (TPSA) is 15.3 Å². The van der Waals surface area contributed by atoms with Crippen LogP contribution in [0.15, 0.2) is 24.3 Å². The van der Waals surface area contributed by atoms with E-state index >= 15 is 0 Å². The third-order valence-electron chi connectivity index (χ3n) is 5.08.